The maximum atomic E-state index is 11.3. The van der Waals surface area contributed by atoms with Gasteiger partial charge in [-0.25, -0.2) is 9.78 Å². The van der Waals surface area contributed by atoms with Crippen LogP contribution in [0.2, 0.25) is 0 Å². The summed E-state index contributed by atoms with van der Waals surface area (Å²) in [7, 11) is 0. The number of ether oxygens (including phenoxy) is 2. The average molecular weight is 464 g/mol. The molecule has 1 unspecified atom stereocenters. The summed E-state index contributed by atoms with van der Waals surface area (Å²) in [6, 6.07) is 18.1. The second-order valence-corrected chi connectivity index (χ2v) is 9.62. The molecule has 1 N–H and O–H groups in total. The molecule has 0 radical (unpaired) electrons. The van der Waals surface area contributed by atoms with Crippen LogP contribution in [0, 0.1) is 12.8 Å². The Morgan fingerprint density at radius 3 is 2.53 bits per heavy atom. The Hall–Kier alpha value is -2.96. The first kappa shape index (κ1) is 24.2. The number of rotatable bonds is 9. The Morgan fingerprint density at radius 1 is 1.09 bits per heavy atom. The number of carboxylic acids is 1. The zero-order valence-corrected chi connectivity index (χ0v) is 20.1. The molecule has 0 aliphatic heterocycles. The summed E-state index contributed by atoms with van der Waals surface area (Å²) < 4.78 is 18.2. The Balaban J connectivity index is 1.45. The number of hydrogen-bond donors (Lipinski definition) is 1. The van der Waals surface area contributed by atoms with E-state index in [-0.39, 0.29) is 12.0 Å². The lowest BCUT2D eigenvalue weighted by molar-refractivity contribution is -0.163. The summed E-state index contributed by atoms with van der Waals surface area (Å²) in [5.74, 6) is 0.657. The molecular formula is C28H33NO5. The van der Waals surface area contributed by atoms with Crippen LogP contribution in [0.5, 0.6) is 0 Å². The maximum absolute atomic E-state index is 11.3. The number of aryl methyl sites for hydroxylation is 1. The van der Waals surface area contributed by atoms with Gasteiger partial charge < -0.3 is 19.0 Å². The highest BCUT2D eigenvalue weighted by Gasteiger charge is 2.31. The number of carbonyl (C=O) groups is 1. The first-order chi connectivity index (χ1) is 16.3. The lowest BCUT2D eigenvalue weighted by atomic mass is 9.87. The van der Waals surface area contributed by atoms with Crippen molar-refractivity contribution < 1.29 is 23.8 Å². The molecule has 2 aromatic carbocycles. The molecule has 1 heterocycles. The summed E-state index contributed by atoms with van der Waals surface area (Å²) in [6.07, 6.45) is 3.96. The van der Waals surface area contributed by atoms with Crippen molar-refractivity contribution in [1.29, 1.82) is 0 Å². The van der Waals surface area contributed by atoms with Gasteiger partial charge in [0.2, 0.25) is 5.89 Å². The highest BCUT2D eigenvalue weighted by atomic mass is 16.5. The van der Waals surface area contributed by atoms with Crippen molar-refractivity contribution in [2.24, 2.45) is 5.92 Å². The topological polar surface area (TPSA) is 81.8 Å². The van der Waals surface area contributed by atoms with Gasteiger partial charge in [0.15, 0.2) is 11.4 Å². The van der Waals surface area contributed by atoms with Gasteiger partial charge in [-0.2, -0.15) is 0 Å². The normalized spacial score (nSPS) is 18.7. The number of carboxylic acid groups (broad SMARTS) is 1. The SMILES string of the molecule is Cc1ccc(-c2nc(COC3CCC[C@@H](COC(C)(C)C(=O)O)C3)c(-c3ccccc3)o2)cc1. The summed E-state index contributed by atoms with van der Waals surface area (Å²) in [5, 5.41) is 9.29. The molecule has 1 saturated carbocycles. The lowest BCUT2D eigenvalue weighted by Gasteiger charge is -2.31. The van der Waals surface area contributed by atoms with E-state index >= 15 is 0 Å². The summed E-state index contributed by atoms with van der Waals surface area (Å²) in [5.41, 5.74) is 2.70. The van der Waals surface area contributed by atoms with Crippen molar-refractivity contribution in [3.8, 4) is 22.8 Å². The molecule has 2 atom stereocenters. The zero-order valence-electron chi connectivity index (χ0n) is 20.1. The van der Waals surface area contributed by atoms with Gasteiger partial charge in [-0.15, -0.1) is 0 Å². The van der Waals surface area contributed by atoms with Gasteiger partial charge in [-0.1, -0.05) is 54.4 Å². The van der Waals surface area contributed by atoms with E-state index in [0.717, 1.165) is 48.3 Å². The summed E-state index contributed by atoms with van der Waals surface area (Å²) in [6.45, 7) is 6.02. The molecule has 6 nitrogen and oxygen atoms in total. The van der Waals surface area contributed by atoms with E-state index < -0.39 is 11.6 Å². The quantitative estimate of drug-likeness (QED) is 0.403. The third-order valence-electron chi connectivity index (χ3n) is 6.42. The van der Waals surface area contributed by atoms with E-state index in [1.54, 1.807) is 13.8 Å². The second kappa shape index (κ2) is 10.5. The molecule has 0 spiro atoms. The summed E-state index contributed by atoms with van der Waals surface area (Å²) in [4.78, 5) is 16.1. The molecule has 1 aliphatic carbocycles. The van der Waals surface area contributed by atoms with E-state index in [4.69, 9.17) is 18.9 Å². The number of aromatic nitrogens is 1. The molecule has 34 heavy (non-hydrogen) atoms. The monoisotopic (exact) mass is 463 g/mol. The van der Waals surface area contributed by atoms with E-state index in [1.165, 1.54) is 5.56 Å². The minimum atomic E-state index is -1.18. The van der Waals surface area contributed by atoms with Crippen molar-refractivity contribution in [1.82, 2.24) is 4.98 Å². The van der Waals surface area contributed by atoms with Crippen molar-refractivity contribution in [3.05, 3.63) is 65.9 Å². The molecule has 180 valence electrons. The Labute approximate surface area is 200 Å². The van der Waals surface area contributed by atoms with Crippen LogP contribution >= 0.6 is 0 Å². The Morgan fingerprint density at radius 2 is 1.82 bits per heavy atom. The van der Waals surface area contributed by atoms with Crippen LogP contribution in [0.3, 0.4) is 0 Å². The minimum absolute atomic E-state index is 0.0819. The fourth-order valence-electron chi connectivity index (χ4n) is 4.21. The number of nitrogens with zero attached hydrogens (tertiary/aromatic N) is 1. The van der Waals surface area contributed by atoms with Gasteiger partial charge in [-0.05, 0) is 58.1 Å². The smallest absolute Gasteiger partial charge is 0.335 e. The van der Waals surface area contributed by atoms with E-state index in [2.05, 4.69) is 6.92 Å². The molecule has 0 bridgehead atoms. The Kier molecular flexibility index (Phi) is 7.49. The van der Waals surface area contributed by atoms with Gasteiger partial charge in [0.25, 0.3) is 0 Å². The van der Waals surface area contributed by atoms with Crippen LogP contribution in [0.15, 0.2) is 59.0 Å². The standard InChI is InChI=1S/C28H33NO5/c1-19-12-14-22(15-13-19)26-29-24(25(34-26)21-9-5-4-6-10-21)18-32-23-11-7-8-20(16-23)17-33-28(2,3)27(30)31/h4-6,9-10,12-15,20,23H,7-8,11,16-18H2,1-3H3,(H,30,31)/t20-,23?/m1/s1. The molecule has 0 amide bonds. The van der Waals surface area contributed by atoms with Crippen LogP contribution in [0.4, 0.5) is 0 Å². The fourth-order valence-corrected chi connectivity index (χ4v) is 4.21. The molecule has 4 rings (SSSR count). The molecule has 6 heteroatoms. The summed E-state index contributed by atoms with van der Waals surface area (Å²) >= 11 is 0. The van der Waals surface area contributed by atoms with Crippen LogP contribution in [-0.2, 0) is 20.9 Å². The van der Waals surface area contributed by atoms with E-state index in [9.17, 15) is 9.90 Å². The number of oxazole rings is 1. The number of aliphatic carboxylic acids is 1. The second-order valence-electron chi connectivity index (χ2n) is 9.62. The van der Waals surface area contributed by atoms with Gasteiger partial charge >= 0.3 is 5.97 Å². The van der Waals surface area contributed by atoms with Gasteiger partial charge in [0, 0.05) is 11.1 Å². The zero-order chi connectivity index (χ0) is 24.1. The number of benzene rings is 2. The lowest BCUT2D eigenvalue weighted by Crippen LogP contribution is -2.37. The maximum Gasteiger partial charge on any atom is 0.335 e. The van der Waals surface area contributed by atoms with Crippen LogP contribution in [0.1, 0.15) is 50.8 Å². The predicted molar refractivity (Wildman–Crippen MR) is 130 cm³/mol. The number of hydrogen-bond acceptors (Lipinski definition) is 5. The van der Waals surface area contributed by atoms with E-state index in [1.807, 2.05) is 54.6 Å². The molecular weight excluding hydrogens is 430 g/mol. The average Bonchev–Trinajstić information content (AvgIpc) is 3.27. The van der Waals surface area contributed by atoms with Crippen molar-refractivity contribution in [2.75, 3.05) is 6.61 Å². The minimum Gasteiger partial charge on any atom is -0.479 e. The largest absolute Gasteiger partial charge is 0.479 e. The van der Waals surface area contributed by atoms with Gasteiger partial charge in [-0.3, -0.25) is 0 Å². The highest BCUT2D eigenvalue weighted by Crippen LogP contribution is 2.33. The van der Waals surface area contributed by atoms with Crippen molar-refractivity contribution in [3.63, 3.8) is 0 Å². The molecule has 0 saturated heterocycles. The highest BCUT2D eigenvalue weighted by molar-refractivity contribution is 5.76. The van der Waals surface area contributed by atoms with Crippen LogP contribution in [0.25, 0.3) is 22.8 Å². The fraction of sp³-hybridized carbons (Fsp3) is 0.429. The van der Waals surface area contributed by atoms with Gasteiger partial charge in [0.1, 0.15) is 5.69 Å². The van der Waals surface area contributed by atoms with Gasteiger partial charge in [0.05, 0.1) is 19.3 Å². The molecule has 3 aromatic rings. The molecule has 1 aromatic heterocycles. The first-order valence-corrected chi connectivity index (χ1v) is 11.9. The first-order valence-electron chi connectivity index (χ1n) is 11.9. The van der Waals surface area contributed by atoms with Crippen molar-refractivity contribution >= 4 is 5.97 Å². The molecule has 1 aliphatic rings. The Bertz CT molecular complexity index is 1090. The van der Waals surface area contributed by atoms with E-state index in [0.29, 0.717) is 19.1 Å². The van der Waals surface area contributed by atoms with Crippen molar-refractivity contribution in [2.45, 2.75) is 64.8 Å². The molecule has 1 fully saturated rings. The van der Waals surface area contributed by atoms with Crippen LogP contribution in [-0.4, -0.2) is 34.4 Å². The third-order valence-corrected chi connectivity index (χ3v) is 6.42. The predicted octanol–water partition coefficient (Wildman–Crippen LogP) is 6.27. The third kappa shape index (κ3) is 5.93. The van der Waals surface area contributed by atoms with Crippen LogP contribution < -0.4 is 0 Å².